The van der Waals surface area contributed by atoms with E-state index in [4.69, 9.17) is 4.74 Å². The molecule has 0 saturated carbocycles. The van der Waals surface area contributed by atoms with Gasteiger partial charge in [-0.3, -0.25) is 4.90 Å². The number of amides is 1. The number of benzene rings is 1. The maximum absolute atomic E-state index is 11.6. The molecule has 0 aromatic heterocycles. The molecule has 4 heteroatoms. The van der Waals surface area contributed by atoms with Gasteiger partial charge in [0.15, 0.2) is 0 Å². The number of hydrogen-bond acceptors (Lipinski definition) is 3. The van der Waals surface area contributed by atoms with Gasteiger partial charge in [-0.25, -0.2) is 4.79 Å². The highest BCUT2D eigenvalue weighted by Crippen LogP contribution is 2.22. The zero-order chi connectivity index (χ0) is 14.0. The zero-order valence-electron chi connectivity index (χ0n) is 12.1. The van der Waals surface area contributed by atoms with E-state index in [1.54, 1.807) is 0 Å². The Kier molecular flexibility index (Phi) is 3.80. The maximum atomic E-state index is 11.6. The molecule has 1 heterocycles. The molecule has 19 heavy (non-hydrogen) atoms. The fourth-order valence-corrected chi connectivity index (χ4v) is 2.22. The van der Waals surface area contributed by atoms with Crippen LogP contribution in [0.5, 0.6) is 0 Å². The quantitative estimate of drug-likeness (QED) is 0.891. The summed E-state index contributed by atoms with van der Waals surface area (Å²) in [5.41, 5.74) is 3.39. The van der Waals surface area contributed by atoms with Crippen LogP contribution in [0, 0.1) is 0 Å². The van der Waals surface area contributed by atoms with E-state index in [1.165, 1.54) is 11.1 Å². The number of carbonyl (C=O) groups is 1. The number of ether oxygens (including phenoxy) is 1. The molecule has 1 N–H and O–H groups in total. The van der Waals surface area contributed by atoms with Crippen LogP contribution in [-0.2, 0) is 24.4 Å². The highest BCUT2D eigenvalue weighted by atomic mass is 16.6. The molecule has 0 spiro atoms. The topological polar surface area (TPSA) is 41.6 Å². The van der Waals surface area contributed by atoms with Crippen LogP contribution in [0.4, 0.5) is 4.79 Å². The lowest BCUT2D eigenvalue weighted by atomic mass is 10.1. The Morgan fingerprint density at radius 2 is 2.00 bits per heavy atom. The molecule has 1 aromatic carbocycles. The van der Waals surface area contributed by atoms with Crippen LogP contribution in [0.1, 0.15) is 37.5 Å². The fraction of sp³-hybridized carbons (Fsp3) is 0.533. The molecule has 1 amide bonds. The summed E-state index contributed by atoms with van der Waals surface area (Å²) in [6.07, 6.45) is -0.370. The molecule has 104 valence electrons. The van der Waals surface area contributed by atoms with Crippen molar-refractivity contribution in [1.82, 2.24) is 10.2 Å². The first-order valence-electron chi connectivity index (χ1n) is 6.59. The third-order valence-electron chi connectivity index (χ3n) is 2.99. The van der Waals surface area contributed by atoms with Crippen LogP contribution in [0.15, 0.2) is 18.2 Å². The van der Waals surface area contributed by atoms with Gasteiger partial charge in [0.1, 0.15) is 5.60 Å². The van der Waals surface area contributed by atoms with Crippen LogP contribution in [-0.4, -0.2) is 23.6 Å². The van der Waals surface area contributed by atoms with Crippen LogP contribution in [0.2, 0.25) is 0 Å². The maximum Gasteiger partial charge on any atom is 0.407 e. The van der Waals surface area contributed by atoms with Crippen LogP contribution >= 0.6 is 0 Å². The first kappa shape index (κ1) is 13.9. The molecule has 0 saturated heterocycles. The summed E-state index contributed by atoms with van der Waals surface area (Å²) in [6, 6.07) is 6.37. The summed E-state index contributed by atoms with van der Waals surface area (Å²) in [7, 11) is 2.11. The van der Waals surface area contributed by atoms with E-state index >= 15 is 0 Å². The predicted molar refractivity (Wildman–Crippen MR) is 74.7 cm³/mol. The van der Waals surface area contributed by atoms with E-state index < -0.39 is 5.60 Å². The van der Waals surface area contributed by atoms with Crippen molar-refractivity contribution in [3.8, 4) is 0 Å². The van der Waals surface area contributed by atoms with E-state index in [0.717, 1.165) is 18.7 Å². The molecular formula is C15H22N2O2. The number of alkyl carbamates (subject to hydrolysis) is 1. The molecular weight excluding hydrogens is 240 g/mol. The van der Waals surface area contributed by atoms with E-state index in [0.29, 0.717) is 6.54 Å². The first-order valence-corrected chi connectivity index (χ1v) is 6.59. The van der Waals surface area contributed by atoms with Crippen LogP contribution < -0.4 is 5.32 Å². The lowest BCUT2D eigenvalue weighted by molar-refractivity contribution is 0.0523. The van der Waals surface area contributed by atoms with E-state index in [2.05, 4.69) is 35.5 Å². The van der Waals surface area contributed by atoms with Crippen molar-refractivity contribution in [2.45, 2.75) is 46.0 Å². The van der Waals surface area contributed by atoms with Crippen LogP contribution in [0.25, 0.3) is 0 Å². The van der Waals surface area contributed by atoms with E-state index in [-0.39, 0.29) is 6.09 Å². The Morgan fingerprint density at radius 1 is 1.32 bits per heavy atom. The van der Waals surface area contributed by atoms with E-state index in [1.807, 2.05) is 20.8 Å². The fourth-order valence-electron chi connectivity index (χ4n) is 2.22. The van der Waals surface area contributed by atoms with Gasteiger partial charge in [-0.1, -0.05) is 18.2 Å². The van der Waals surface area contributed by atoms with Gasteiger partial charge in [-0.15, -0.1) is 0 Å². The van der Waals surface area contributed by atoms with Crippen molar-refractivity contribution in [3.63, 3.8) is 0 Å². The Hall–Kier alpha value is -1.55. The second kappa shape index (κ2) is 5.21. The Morgan fingerprint density at radius 3 is 2.68 bits per heavy atom. The number of fused-ring (bicyclic) bond motifs is 1. The van der Waals surface area contributed by atoms with Crippen molar-refractivity contribution in [1.29, 1.82) is 0 Å². The molecule has 1 aliphatic heterocycles. The molecule has 0 unspecified atom stereocenters. The second-order valence-electron chi connectivity index (χ2n) is 6.13. The average molecular weight is 262 g/mol. The third kappa shape index (κ3) is 3.96. The van der Waals surface area contributed by atoms with Crippen molar-refractivity contribution in [3.05, 3.63) is 34.9 Å². The van der Waals surface area contributed by atoms with Gasteiger partial charge in [-0.2, -0.15) is 0 Å². The Bertz CT molecular complexity index is 478. The summed E-state index contributed by atoms with van der Waals surface area (Å²) in [4.78, 5) is 13.8. The highest BCUT2D eigenvalue weighted by Gasteiger charge is 2.17. The van der Waals surface area contributed by atoms with Crippen molar-refractivity contribution < 1.29 is 9.53 Å². The lowest BCUT2D eigenvalue weighted by Gasteiger charge is -2.19. The van der Waals surface area contributed by atoms with Gasteiger partial charge < -0.3 is 10.1 Å². The first-order chi connectivity index (χ1) is 8.83. The summed E-state index contributed by atoms with van der Waals surface area (Å²) in [5.74, 6) is 0. The molecule has 4 nitrogen and oxygen atoms in total. The zero-order valence-corrected chi connectivity index (χ0v) is 12.1. The third-order valence-corrected chi connectivity index (χ3v) is 2.99. The van der Waals surface area contributed by atoms with E-state index in [9.17, 15) is 4.79 Å². The second-order valence-corrected chi connectivity index (χ2v) is 6.13. The standard InChI is InChI=1S/C15H22N2O2/c1-15(2,3)19-14(18)16-8-11-5-6-12-9-17(4)10-13(12)7-11/h5-7H,8-10H2,1-4H3,(H,16,18). The number of carbonyl (C=O) groups excluding carboxylic acids is 1. The highest BCUT2D eigenvalue weighted by molar-refractivity contribution is 5.67. The summed E-state index contributed by atoms with van der Waals surface area (Å²) in [5, 5.41) is 2.78. The number of nitrogens with one attached hydrogen (secondary N) is 1. The van der Waals surface area contributed by atoms with Crippen molar-refractivity contribution in [2.75, 3.05) is 7.05 Å². The normalized spacial score (nSPS) is 15.2. The smallest absolute Gasteiger partial charge is 0.407 e. The molecule has 0 radical (unpaired) electrons. The summed E-state index contributed by atoms with van der Waals surface area (Å²) < 4.78 is 5.21. The summed E-state index contributed by atoms with van der Waals surface area (Å²) in [6.45, 7) is 8.07. The molecule has 0 fully saturated rings. The minimum absolute atomic E-state index is 0.370. The Labute approximate surface area is 114 Å². The van der Waals surface area contributed by atoms with Crippen molar-refractivity contribution >= 4 is 6.09 Å². The Balaban J connectivity index is 1.91. The van der Waals surface area contributed by atoms with Gasteiger partial charge in [-0.05, 0) is 44.5 Å². The number of hydrogen-bond donors (Lipinski definition) is 1. The monoisotopic (exact) mass is 262 g/mol. The number of nitrogens with zero attached hydrogens (tertiary/aromatic N) is 1. The minimum atomic E-state index is -0.454. The van der Waals surface area contributed by atoms with Gasteiger partial charge in [0.25, 0.3) is 0 Å². The molecule has 0 atom stereocenters. The van der Waals surface area contributed by atoms with Crippen molar-refractivity contribution in [2.24, 2.45) is 0 Å². The van der Waals surface area contributed by atoms with Gasteiger partial charge in [0.2, 0.25) is 0 Å². The SMILES string of the molecule is CN1Cc2ccc(CNC(=O)OC(C)(C)C)cc2C1. The van der Waals surface area contributed by atoms with Gasteiger partial charge in [0.05, 0.1) is 0 Å². The molecule has 1 aromatic rings. The van der Waals surface area contributed by atoms with Gasteiger partial charge >= 0.3 is 6.09 Å². The largest absolute Gasteiger partial charge is 0.444 e. The van der Waals surface area contributed by atoms with Crippen LogP contribution in [0.3, 0.4) is 0 Å². The minimum Gasteiger partial charge on any atom is -0.444 e. The lowest BCUT2D eigenvalue weighted by Crippen LogP contribution is -2.32. The number of rotatable bonds is 2. The molecule has 1 aliphatic rings. The summed E-state index contributed by atoms with van der Waals surface area (Å²) >= 11 is 0. The molecule has 2 rings (SSSR count). The molecule has 0 bridgehead atoms. The van der Waals surface area contributed by atoms with Gasteiger partial charge in [0, 0.05) is 19.6 Å². The molecule has 0 aliphatic carbocycles. The predicted octanol–water partition coefficient (Wildman–Crippen LogP) is 2.66. The average Bonchev–Trinajstić information content (AvgIpc) is 2.63.